The maximum atomic E-state index is 14.3. The molecule has 3 fully saturated rings. The molecule has 6 rings (SSSR count). The van der Waals surface area contributed by atoms with Crippen molar-refractivity contribution >= 4 is 23.6 Å². The molecule has 4 heterocycles. The predicted octanol–water partition coefficient (Wildman–Crippen LogP) is 3.36. The van der Waals surface area contributed by atoms with Crippen molar-refractivity contribution in [3.8, 4) is 5.88 Å². The van der Waals surface area contributed by atoms with Gasteiger partial charge in [-0.1, -0.05) is 0 Å². The van der Waals surface area contributed by atoms with Gasteiger partial charge in [-0.15, -0.1) is 0 Å². The Morgan fingerprint density at radius 1 is 1.24 bits per heavy atom. The van der Waals surface area contributed by atoms with Crippen molar-refractivity contribution in [2.75, 3.05) is 22.9 Å². The van der Waals surface area contributed by atoms with Crippen molar-refractivity contribution in [3.05, 3.63) is 35.8 Å². The molecule has 5 atom stereocenters. The minimum absolute atomic E-state index is 0.0457. The van der Waals surface area contributed by atoms with E-state index >= 15 is 0 Å². The largest absolute Gasteiger partial charge is 0.444 e. The number of carbonyl (C=O) groups excluding carboxylic acids is 2. The highest BCUT2D eigenvalue weighted by Gasteiger charge is 2.65. The average molecular weight is 472 g/mol. The first kappa shape index (κ1) is 21.1. The number of rotatable bonds is 3. The molecule has 0 bridgehead atoms. The first-order valence-corrected chi connectivity index (χ1v) is 11.3. The van der Waals surface area contributed by atoms with E-state index in [1.165, 1.54) is 23.3 Å². The van der Waals surface area contributed by atoms with E-state index in [0.29, 0.717) is 24.3 Å². The fraction of sp³-hybridized carbons (Fsp3) is 0.522. The molecule has 1 aliphatic carbocycles. The van der Waals surface area contributed by atoms with Crippen LogP contribution in [0.5, 0.6) is 5.88 Å². The standard InChI is InChI=1S/C23H25FN4O6/c1-11-23(15-10-31-26-19(15)32-23)34-21(30)28(11)17-7-12(24)5-6-16(17)27-8-13-14(9-27)18(13)25-20(29)33-22(2,3)4/h5-7,10-11,13-14,18H,8-9H2,1-4H3,(H,25,29)/t11-,13+,14?,18?,23+/m1/s1. The number of alkyl carbamates (subject to hydrolysis) is 1. The Labute approximate surface area is 194 Å². The lowest BCUT2D eigenvalue weighted by Gasteiger charge is -2.37. The van der Waals surface area contributed by atoms with Gasteiger partial charge in [-0.3, -0.25) is 4.90 Å². The molecule has 1 aromatic heterocycles. The van der Waals surface area contributed by atoms with Crippen LogP contribution < -0.4 is 19.9 Å². The van der Waals surface area contributed by atoms with Crippen LogP contribution >= 0.6 is 0 Å². The number of piperidine rings is 1. The summed E-state index contributed by atoms with van der Waals surface area (Å²) in [5.41, 5.74) is 1.11. The summed E-state index contributed by atoms with van der Waals surface area (Å²) in [4.78, 5) is 28.6. The lowest BCUT2D eigenvalue weighted by Crippen LogP contribution is -2.51. The summed E-state index contributed by atoms with van der Waals surface area (Å²) in [5.74, 6) is -0.993. The van der Waals surface area contributed by atoms with Gasteiger partial charge < -0.3 is 29.0 Å². The quantitative estimate of drug-likeness (QED) is 0.725. The van der Waals surface area contributed by atoms with E-state index in [4.69, 9.17) is 18.7 Å². The number of halogens is 1. The highest BCUT2D eigenvalue weighted by atomic mass is 19.1. The number of anilines is 2. The first-order chi connectivity index (χ1) is 16.1. The number of benzene rings is 1. The van der Waals surface area contributed by atoms with Crippen LogP contribution in [0.4, 0.5) is 25.4 Å². The third-order valence-corrected chi connectivity index (χ3v) is 6.95. The number of fused-ring (bicyclic) bond motifs is 3. The molecule has 2 saturated heterocycles. The molecule has 2 unspecified atom stereocenters. The minimum atomic E-state index is -1.33. The molecule has 2 aromatic rings. The summed E-state index contributed by atoms with van der Waals surface area (Å²) in [6, 6.07) is 3.84. The molecule has 1 saturated carbocycles. The SMILES string of the molecule is C[C@H]1N(c2cc(F)ccc2N2CC3C(NC(=O)OC(C)(C)C)[C@H]3C2)C(=O)O[C@@]12Oc1nocc12. The van der Waals surface area contributed by atoms with Gasteiger partial charge >= 0.3 is 18.0 Å². The fourth-order valence-electron chi connectivity index (χ4n) is 5.31. The molecular formula is C23H25FN4O6. The number of hydrogen-bond acceptors (Lipinski definition) is 8. The Hall–Kier alpha value is -3.50. The van der Waals surface area contributed by atoms with Gasteiger partial charge in [-0.2, -0.15) is 0 Å². The molecule has 2 amide bonds. The molecule has 34 heavy (non-hydrogen) atoms. The summed E-state index contributed by atoms with van der Waals surface area (Å²) >= 11 is 0. The lowest BCUT2D eigenvalue weighted by atomic mass is 9.97. The van der Waals surface area contributed by atoms with Gasteiger partial charge in [-0.25, -0.2) is 14.0 Å². The summed E-state index contributed by atoms with van der Waals surface area (Å²) in [6.07, 6.45) is 0.332. The van der Waals surface area contributed by atoms with Crippen LogP contribution in [-0.2, 0) is 15.3 Å². The molecule has 1 spiro atoms. The van der Waals surface area contributed by atoms with Gasteiger partial charge in [0, 0.05) is 31.0 Å². The molecule has 1 aromatic carbocycles. The second-order valence-corrected chi connectivity index (χ2v) is 10.3. The van der Waals surface area contributed by atoms with Gasteiger partial charge in [0.25, 0.3) is 5.88 Å². The summed E-state index contributed by atoms with van der Waals surface area (Å²) in [5, 5.41) is 6.67. The molecule has 0 radical (unpaired) electrons. The number of carbonyl (C=O) groups is 2. The normalized spacial score (nSPS) is 30.9. The Morgan fingerprint density at radius 2 is 1.97 bits per heavy atom. The lowest BCUT2D eigenvalue weighted by molar-refractivity contribution is -0.170. The molecule has 3 aliphatic heterocycles. The Morgan fingerprint density at radius 3 is 2.65 bits per heavy atom. The Bertz CT molecular complexity index is 1180. The maximum Gasteiger partial charge on any atom is 0.418 e. The van der Waals surface area contributed by atoms with Crippen LogP contribution in [0.2, 0.25) is 0 Å². The molecule has 180 valence electrons. The van der Waals surface area contributed by atoms with Gasteiger partial charge in [0.2, 0.25) is 0 Å². The zero-order valence-electron chi connectivity index (χ0n) is 19.2. The number of nitrogens with zero attached hydrogens (tertiary/aromatic N) is 3. The highest BCUT2D eigenvalue weighted by molar-refractivity contribution is 5.96. The van der Waals surface area contributed by atoms with Crippen LogP contribution in [0.25, 0.3) is 0 Å². The summed E-state index contributed by atoms with van der Waals surface area (Å²) in [6.45, 7) is 8.58. The fourth-order valence-corrected chi connectivity index (χ4v) is 5.31. The van der Waals surface area contributed by atoms with E-state index in [-0.39, 0.29) is 23.8 Å². The van der Waals surface area contributed by atoms with Crippen molar-refractivity contribution in [2.45, 2.75) is 51.2 Å². The molecule has 1 N–H and O–H groups in total. The first-order valence-electron chi connectivity index (χ1n) is 11.3. The smallest absolute Gasteiger partial charge is 0.418 e. The van der Waals surface area contributed by atoms with Crippen molar-refractivity contribution < 1.29 is 32.7 Å². The highest BCUT2D eigenvalue weighted by Crippen LogP contribution is 2.54. The van der Waals surface area contributed by atoms with Crippen LogP contribution in [0.3, 0.4) is 0 Å². The monoisotopic (exact) mass is 472 g/mol. The van der Waals surface area contributed by atoms with Crippen LogP contribution in [-0.4, -0.2) is 48.1 Å². The minimum Gasteiger partial charge on any atom is -0.444 e. The number of aromatic nitrogens is 1. The number of ether oxygens (including phenoxy) is 3. The zero-order chi connectivity index (χ0) is 24.0. The second kappa shape index (κ2) is 6.77. The number of amides is 2. The maximum absolute atomic E-state index is 14.3. The van der Waals surface area contributed by atoms with Crippen molar-refractivity contribution in [1.29, 1.82) is 0 Å². The summed E-state index contributed by atoms with van der Waals surface area (Å²) in [7, 11) is 0. The third-order valence-electron chi connectivity index (χ3n) is 6.95. The Kier molecular flexibility index (Phi) is 4.19. The average Bonchev–Trinajstić information content (AvgIpc) is 3.08. The van der Waals surface area contributed by atoms with Crippen molar-refractivity contribution in [1.82, 2.24) is 10.5 Å². The van der Waals surface area contributed by atoms with E-state index in [1.54, 1.807) is 13.0 Å². The molecule has 10 nitrogen and oxygen atoms in total. The predicted molar refractivity (Wildman–Crippen MR) is 116 cm³/mol. The van der Waals surface area contributed by atoms with Crippen LogP contribution in [0.1, 0.15) is 33.3 Å². The Balaban J connectivity index is 1.20. The van der Waals surface area contributed by atoms with Crippen LogP contribution in [0, 0.1) is 17.7 Å². The zero-order valence-corrected chi connectivity index (χ0v) is 19.2. The van der Waals surface area contributed by atoms with E-state index < -0.39 is 35.4 Å². The van der Waals surface area contributed by atoms with Gasteiger partial charge in [-0.05, 0) is 51.1 Å². The van der Waals surface area contributed by atoms with E-state index in [0.717, 1.165) is 5.69 Å². The van der Waals surface area contributed by atoms with Gasteiger partial charge in [0.1, 0.15) is 29.3 Å². The summed E-state index contributed by atoms with van der Waals surface area (Å²) < 4.78 is 35.9. The van der Waals surface area contributed by atoms with Gasteiger partial charge in [0.05, 0.1) is 11.4 Å². The number of hydrogen-bond donors (Lipinski definition) is 1. The van der Waals surface area contributed by atoms with Crippen molar-refractivity contribution in [3.63, 3.8) is 0 Å². The molecular weight excluding hydrogens is 447 g/mol. The van der Waals surface area contributed by atoms with E-state index in [1.807, 2.05) is 20.8 Å². The van der Waals surface area contributed by atoms with Crippen molar-refractivity contribution in [2.24, 2.45) is 11.8 Å². The van der Waals surface area contributed by atoms with Gasteiger partial charge in [0.15, 0.2) is 0 Å². The van der Waals surface area contributed by atoms with Crippen LogP contribution in [0.15, 0.2) is 29.0 Å². The molecule has 4 aliphatic rings. The van der Waals surface area contributed by atoms with E-state index in [2.05, 4.69) is 15.4 Å². The topological polar surface area (TPSA) is 106 Å². The number of nitrogens with one attached hydrogen (secondary N) is 1. The third kappa shape index (κ3) is 3.02. The molecule has 11 heteroatoms. The second-order valence-electron chi connectivity index (χ2n) is 10.3. The van der Waals surface area contributed by atoms with E-state index in [9.17, 15) is 14.0 Å².